The van der Waals surface area contributed by atoms with E-state index in [9.17, 15) is 35.5 Å². The number of carbonyl (C=O) groups is 2. The van der Waals surface area contributed by atoms with E-state index in [0.717, 1.165) is 11.1 Å². The van der Waals surface area contributed by atoms with Gasteiger partial charge < -0.3 is 0 Å². The Morgan fingerprint density at radius 1 is 0.718 bits per heavy atom. The third-order valence-electron chi connectivity index (χ3n) is 10.5. The Morgan fingerprint density at radius 2 is 1.03 bits per heavy atom. The van der Waals surface area contributed by atoms with Gasteiger partial charge in [0.05, 0.1) is 22.3 Å². The fraction of sp³-hybridized carbons (Fsp3) is 0.571. The van der Waals surface area contributed by atoms with Crippen LogP contribution in [0.3, 0.4) is 0 Å². The summed E-state index contributed by atoms with van der Waals surface area (Å²) in [7, 11) is -8.66. The van der Waals surface area contributed by atoms with Crippen LogP contribution in [-0.4, -0.2) is 78.6 Å². The van der Waals surface area contributed by atoms with Gasteiger partial charge in [-0.1, -0.05) is 52.0 Å². The van der Waals surface area contributed by atoms with Crippen molar-refractivity contribution in [3.8, 4) is 0 Å². The maximum atomic E-state index is 13.4. The van der Waals surface area contributed by atoms with Crippen molar-refractivity contribution >= 4 is 73.5 Å². The number of rotatable bonds is 6. The van der Waals surface area contributed by atoms with Gasteiger partial charge in [0, 0.05) is 40.7 Å². The van der Waals surface area contributed by atoms with Crippen molar-refractivity contribution in [2.45, 2.75) is 53.4 Å². The molecule has 5 rings (SSSR count). The Bertz CT molecular complexity index is 1400. The van der Waals surface area contributed by atoms with Crippen LogP contribution >= 0.6 is 0 Å². The van der Waals surface area contributed by atoms with Gasteiger partial charge in [-0.05, 0) is 71.6 Å². The molecule has 0 amide bonds. The normalized spacial score (nSPS) is 34.7. The monoisotopic (exact) mass is 585 g/mol. The van der Waals surface area contributed by atoms with Crippen LogP contribution in [0.5, 0.6) is 0 Å². The van der Waals surface area contributed by atoms with Crippen molar-refractivity contribution in [1.29, 1.82) is 0 Å². The maximum absolute atomic E-state index is 13.4. The second-order valence-corrected chi connectivity index (χ2v) is 15.7. The Balaban J connectivity index is 0.00000353. The molecule has 1 radical (unpaired) electrons. The quantitative estimate of drug-likeness (QED) is 0.291. The van der Waals surface area contributed by atoms with Crippen LogP contribution in [0.15, 0.2) is 35.4 Å². The van der Waals surface area contributed by atoms with E-state index in [1.54, 1.807) is 12.2 Å². The largest absolute Gasteiger partial charge is 0.294 e. The molecule has 8 nitrogen and oxygen atoms in total. The standard InChI is InChI=1S/C28H34O8S2.Na/c1-25(2)21-9-11-27(25,15-37(31,32)33)23(29)19(21)13-17-5-7-18(8-6-17)14-20-22-10-12-28(24(20)30,26(22,3)4)16-38(34,35)36;/h5-8,13-14,21-22H,9-12,15-16H2,1-4H3,(H,31,32,33)(H,34,35,36);/b19-13+,20-14+;. The van der Waals surface area contributed by atoms with E-state index in [1.807, 2.05) is 52.0 Å². The number of allylic oxidation sites excluding steroid dienone is 2. The van der Waals surface area contributed by atoms with Crippen molar-refractivity contribution in [3.05, 3.63) is 46.5 Å². The molecule has 2 N–H and O–H groups in total. The molecule has 1 aromatic rings. The molecule has 4 fully saturated rings. The van der Waals surface area contributed by atoms with E-state index < -0.39 is 53.4 Å². The van der Waals surface area contributed by atoms with Gasteiger partial charge in [0.15, 0.2) is 11.6 Å². The first-order chi connectivity index (χ1) is 17.3. The maximum Gasteiger partial charge on any atom is 0.265 e. The Hall–Kier alpha value is -1.14. The molecule has 4 atom stereocenters. The summed E-state index contributed by atoms with van der Waals surface area (Å²) >= 11 is 0. The fourth-order valence-corrected chi connectivity index (χ4v) is 10.8. The minimum absolute atomic E-state index is 0. The Kier molecular flexibility index (Phi) is 7.46. The molecule has 0 spiro atoms. The topological polar surface area (TPSA) is 143 Å². The predicted octanol–water partition coefficient (Wildman–Crippen LogP) is 3.86. The second kappa shape index (κ2) is 9.44. The molecule has 4 bridgehead atoms. The van der Waals surface area contributed by atoms with Crippen molar-refractivity contribution < 1.29 is 35.5 Å². The molecular weight excluding hydrogens is 551 g/mol. The van der Waals surface area contributed by atoms with E-state index >= 15 is 0 Å². The van der Waals surface area contributed by atoms with Crippen LogP contribution in [0.2, 0.25) is 0 Å². The smallest absolute Gasteiger partial charge is 0.265 e. The van der Waals surface area contributed by atoms with E-state index in [2.05, 4.69) is 0 Å². The number of fused-ring (bicyclic) bond motifs is 4. The summed E-state index contributed by atoms with van der Waals surface area (Å²) in [6, 6.07) is 7.33. The summed E-state index contributed by atoms with van der Waals surface area (Å²) in [5, 5.41) is 0. The molecule has 0 aliphatic heterocycles. The molecule has 4 unspecified atom stereocenters. The molecule has 11 heteroatoms. The molecule has 1 aromatic carbocycles. The number of Topliss-reactive ketones (excluding diaryl/α,β-unsaturated/α-hetero) is 2. The van der Waals surface area contributed by atoms with Crippen LogP contribution < -0.4 is 0 Å². The average Bonchev–Trinajstić information content (AvgIpc) is 3.27. The molecule has 4 saturated carbocycles. The average molecular weight is 586 g/mol. The van der Waals surface area contributed by atoms with Crippen LogP contribution in [0.1, 0.15) is 64.5 Å². The van der Waals surface area contributed by atoms with E-state index in [4.69, 9.17) is 0 Å². The molecule has 39 heavy (non-hydrogen) atoms. The predicted molar refractivity (Wildman–Crippen MR) is 149 cm³/mol. The first-order valence-electron chi connectivity index (χ1n) is 12.9. The Morgan fingerprint density at radius 3 is 1.31 bits per heavy atom. The van der Waals surface area contributed by atoms with Crippen molar-refractivity contribution in [2.75, 3.05) is 11.5 Å². The number of benzene rings is 1. The van der Waals surface area contributed by atoms with Crippen molar-refractivity contribution in [2.24, 2.45) is 33.5 Å². The summed E-state index contributed by atoms with van der Waals surface area (Å²) in [4.78, 5) is 26.9. The van der Waals surface area contributed by atoms with E-state index in [1.165, 1.54) is 0 Å². The molecule has 4 aliphatic carbocycles. The summed E-state index contributed by atoms with van der Waals surface area (Å²) < 4.78 is 66.1. The fourth-order valence-electron chi connectivity index (χ4n) is 8.23. The number of hydrogen-bond acceptors (Lipinski definition) is 6. The molecular formula is C28H34NaO8S2. The molecule has 0 heterocycles. The summed E-state index contributed by atoms with van der Waals surface area (Å²) in [6.45, 7) is 7.58. The zero-order chi connectivity index (χ0) is 28.1. The SMILES string of the molecule is CC1(C)C2CCC1(CS(=O)(=O)O)C(=O)/C2=C/c1ccc(/C=C2/C(=O)C3(CS(=O)(=O)O)CCC2C3(C)C)cc1.[Na]. The summed E-state index contributed by atoms with van der Waals surface area (Å²) in [5.41, 5.74) is -0.762. The first kappa shape index (κ1) is 30.8. The van der Waals surface area contributed by atoms with Crippen LogP contribution in [-0.2, 0) is 29.8 Å². The van der Waals surface area contributed by atoms with Gasteiger partial charge in [-0.2, -0.15) is 16.8 Å². The zero-order valence-corrected chi connectivity index (χ0v) is 26.7. The van der Waals surface area contributed by atoms with E-state index in [0.29, 0.717) is 36.8 Å². The third-order valence-corrected chi connectivity index (χ3v) is 12.2. The van der Waals surface area contributed by atoms with E-state index in [-0.39, 0.29) is 53.0 Å². The van der Waals surface area contributed by atoms with Gasteiger partial charge in [-0.15, -0.1) is 0 Å². The number of carbonyl (C=O) groups excluding carboxylic acids is 2. The van der Waals surface area contributed by atoms with Gasteiger partial charge >= 0.3 is 0 Å². The molecule has 4 aliphatic rings. The molecule has 207 valence electrons. The van der Waals surface area contributed by atoms with Gasteiger partial charge in [-0.25, -0.2) is 0 Å². The van der Waals surface area contributed by atoms with Gasteiger partial charge in [0.1, 0.15) is 0 Å². The van der Waals surface area contributed by atoms with Crippen molar-refractivity contribution in [3.63, 3.8) is 0 Å². The minimum Gasteiger partial charge on any atom is -0.294 e. The summed E-state index contributed by atoms with van der Waals surface area (Å²) in [5.74, 6) is -1.80. The van der Waals surface area contributed by atoms with Gasteiger partial charge in [-0.3, -0.25) is 18.7 Å². The summed E-state index contributed by atoms with van der Waals surface area (Å²) in [6.07, 6.45) is 5.80. The molecule has 0 saturated heterocycles. The van der Waals surface area contributed by atoms with Crippen LogP contribution in [0.4, 0.5) is 0 Å². The Labute approximate surface area is 252 Å². The molecule has 0 aromatic heterocycles. The minimum atomic E-state index is -4.33. The van der Waals surface area contributed by atoms with Crippen molar-refractivity contribution in [1.82, 2.24) is 0 Å². The third kappa shape index (κ3) is 4.58. The zero-order valence-electron chi connectivity index (χ0n) is 23.0. The number of hydrogen-bond donors (Lipinski definition) is 2. The second-order valence-electron chi connectivity index (χ2n) is 12.8. The number of ketones is 2. The van der Waals surface area contributed by atoms with Crippen LogP contribution in [0, 0.1) is 33.5 Å². The van der Waals surface area contributed by atoms with Crippen LogP contribution in [0.25, 0.3) is 12.2 Å². The van der Waals surface area contributed by atoms with Gasteiger partial charge in [0.25, 0.3) is 20.2 Å². The first-order valence-corrected chi connectivity index (χ1v) is 16.1. The van der Waals surface area contributed by atoms with Gasteiger partial charge in [0.2, 0.25) is 0 Å².